The molecular weight excluding hydrogens is 205 g/mol. The van der Waals surface area contributed by atoms with Crippen LogP contribution in [0.4, 0.5) is 13.2 Å². The van der Waals surface area contributed by atoms with Crippen LogP contribution >= 0.6 is 0 Å². The average molecular weight is 216 g/mol. The van der Waals surface area contributed by atoms with Gasteiger partial charge in [-0.15, -0.1) is 0 Å². The van der Waals surface area contributed by atoms with Crippen molar-refractivity contribution in [2.24, 2.45) is 0 Å². The summed E-state index contributed by atoms with van der Waals surface area (Å²) in [4.78, 5) is 0. The largest absolute Gasteiger partial charge is 0.513 e. The molecule has 82 valence electrons. The van der Waals surface area contributed by atoms with Crippen molar-refractivity contribution in [3.8, 4) is 0 Å². The summed E-state index contributed by atoms with van der Waals surface area (Å²) in [6.07, 6.45) is 0.998. The summed E-state index contributed by atoms with van der Waals surface area (Å²) >= 11 is 0. The van der Waals surface area contributed by atoms with E-state index in [4.69, 9.17) is 5.11 Å². The molecule has 1 N–H and O–H groups in total. The maximum atomic E-state index is 13.1. The molecule has 0 aliphatic carbocycles. The van der Waals surface area contributed by atoms with Gasteiger partial charge in [-0.2, -0.15) is 0 Å². The molecule has 1 nitrogen and oxygen atoms in total. The zero-order valence-corrected chi connectivity index (χ0v) is 8.06. The van der Waals surface area contributed by atoms with Crippen molar-refractivity contribution in [3.63, 3.8) is 0 Å². The number of aryl methyl sites for hydroxylation is 1. The zero-order valence-electron chi connectivity index (χ0n) is 8.06. The van der Waals surface area contributed by atoms with Crippen molar-refractivity contribution in [2.45, 2.75) is 19.3 Å². The van der Waals surface area contributed by atoms with Gasteiger partial charge in [0.05, 0.1) is 5.76 Å². The van der Waals surface area contributed by atoms with Gasteiger partial charge in [0, 0.05) is 12.5 Å². The molecule has 4 heteroatoms. The third-order valence-electron chi connectivity index (χ3n) is 2.00. The summed E-state index contributed by atoms with van der Waals surface area (Å²) in [6, 6.07) is 1.36. The molecular formula is C11H11F3O. The fraction of sp³-hybridized carbons (Fsp3) is 0.273. The molecule has 0 atom stereocenters. The molecule has 1 aromatic carbocycles. The Labute approximate surface area is 85.9 Å². The van der Waals surface area contributed by atoms with Crippen LogP contribution in [0, 0.1) is 17.5 Å². The van der Waals surface area contributed by atoms with Gasteiger partial charge < -0.3 is 5.11 Å². The highest BCUT2D eigenvalue weighted by atomic mass is 19.2. The van der Waals surface area contributed by atoms with E-state index in [0.29, 0.717) is 18.9 Å². The van der Waals surface area contributed by atoms with Crippen molar-refractivity contribution < 1.29 is 18.3 Å². The maximum absolute atomic E-state index is 13.1. The normalized spacial score (nSPS) is 10.3. The molecule has 0 saturated heterocycles. The van der Waals surface area contributed by atoms with Crippen LogP contribution in [0.15, 0.2) is 24.5 Å². The first-order valence-corrected chi connectivity index (χ1v) is 4.51. The van der Waals surface area contributed by atoms with Gasteiger partial charge in [-0.1, -0.05) is 6.58 Å². The lowest BCUT2D eigenvalue weighted by Gasteiger charge is -2.03. The molecule has 0 heterocycles. The Bertz CT molecular complexity index is 374. The maximum Gasteiger partial charge on any atom is 0.161 e. The fourth-order valence-corrected chi connectivity index (χ4v) is 1.24. The van der Waals surface area contributed by atoms with Crippen LogP contribution in [-0.2, 0) is 6.42 Å². The number of allylic oxidation sites excluding steroid dienone is 1. The van der Waals surface area contributed by atoms with Crippen LogP contribution < -0.4 is 0 Å². The van der Waals surface area contributed by atoms with E-state index >= 15 is 0 Å². The highest BCUT2D eigenvalue weighted by molar-refractivity contribution is 5.20. The molecule has 0 radical (unpaired) electrons. The van der Waals surface area contributed by atoms with Crippen LogP contribution in [0.2, 0.25) is 0 Å². The minimum absolute atomic E-state index is 0.00186. The Hall–Kier alpha value is -1.45. The Morgan fingerprint density at radius 2 is 1.73 bits per heavy atom. The van der Waals surface area contributed by atoms with E-state index in [1.807, 2.05) is 0 Å². The topological polar surface area (TPSA) is 20.2 Å². The second kappa shape index (κ2) is 4.87. The van der Waals surface area contributed by atoms with Gasteiger partial charge in [0.15, 0.2) is 11.6 Å². The van der Waals surface area contributed by atoms with Gasteiger partial charge in [0.2, 0.25) is 0 Å². The Morgan fingerprint density at radius 1 is 1.13 bits per heavy atom. The fourth-order valence-electron chi connectivity index (χ4n) is 1.24. The number of halogens is 3. The molecule has 0 spiro atoms. The van der Waals surface area contributed by atoms with Crippen LogP contribution in [0.25, 0.3) is 0 Å². The quantitative estimate of drug-likeness (QED) is 0.603. The molecule has 0 aliphatic heterocycles. The summed E-state index contributed by atoms with van der Waals surface area (Å²) < 4.78 is 38.3. The van der Waals surface area contributed by atoms with Gasteiger partial charge >= 0.3 is 0 Å². The smallest absolute Gasteiger partial charge is 0.161 e. The standard InChI is InChI=1S/C11H11F3O/c1-7(15)3-2-4-8-5-10(13)11(14)6-9(8)12/h5-6,15H,1-4H2. The second-order valence-corrected chi connectivity index (χ2v) is 3.28. The van der Waals surface area contributed by atoms with E-state index in [-0.39, 0.29) is 17.7 Å². The Morgan fingerprint density at radius 3 is 2.33 bits per heavy atom. The molecule has 0 bridgehead atoms. The number of aliphatic hydroxyl groups excluding tert-OH is 1. The van der Waals surface area contributed by atoms with Gasteiger partial charge in [0.25, 0.3) is 0 Å². The minimum atomic E-state index is -1.19. The Balaban J connectivity index is 2.69. The minimum Gasteiger partial charge on any atom is -0.513 e. The third kappa shape index (κ3) is 3.31. The predicted molar refractivity (Wildman–Crippen MR) is 51.0 cm³/mol. The van der Waals surface area contributed by atoms with Crippen molar-refractivity contribution in [2.75, 3.05) is 0 Å². The predicted octanol–water partition coefficient (Wildman–Crippen LogP) is 3.50. The van der Waals surface area contributed by atoms with Gasteiger partial charge in [-0.05, 0) is 24.5 Å². The number of aliphatic hydroxyl groups is 1. The van der Waals surface area contributed by atoms with Crippen molar-refractivity contribution in [3.05, 3.63) is 47.5 Å². The second-order valence-electron chi connectivity index (χ2n) is 3.28. The van der Waals surface area contributed by atoms with E-state index < -0.39 is 17.5 Å². The van der Waals surface area contributed by atoms with E-state index in [0.717, 1.165) is 6.07 Å². The van der Waals surface area contributed by atoms with Crippen LogP contribution in [0.3, 0.4) is 0 Å². The molecule has 1 rings (SSSR count). The van der Waals surface area contributed by atoms with Crippen LogP contribution in [0.5, 0.6) is 0 Å². The van der Waals surface area contributed by atoms with E-state index in [9.17, 15) is 13.2 Å². The van der Waals surface area contributed by atoms with Gasteiger partial charge in [0.1, 0.15) is 5.82 Å². The molecule has 0 aliphatic rings. The first-order valence-electron chi connectivity index (χ1n) is 4.51. The van der Waals surface area contributed by atoms with Crippen molar-refractivity contribution in [1.82, 2.24) is 0 Å². The third-order valence-corrected chi connectivity index (χ3v) is 2.00. The van der Waals surface area contributed by atoms with Crippen LogP contribution in [-0.4, -0.2) is 5.11 Å². The Kier molecular flexibility index (Phi) is 3.77. The summed E-state index contributed by atoms with van der Waals surface area (Å²) in [5.41, 5.74) is 0.107. The summed E-state index contributed by atoms with van der Waals surface area (Å²) in [5.74, 6) is -3.02. The first-order chi connectivity index (χ1) is 7.00. The number of benzene rings is 1. The van der Waals surface area contributed by atoms with Gasteiger partial charge in [-0.25, -0.2) is 13.2 Å². The number of hydrogen-bond donors (Lipinski definition) is 1. The molecule has 0 amide bonds. The van der Waals surface area contributed by atoms with E-state index in [2.05, 4.69) is 6.58 Å². The monoisotopic (exact) mass is 216 g/mol. The molecule has 0 fully saturated rings. The van der Waals surface area contributed by atoms with Gasteiger partial charge in [-0.3, -0.25) is 0 Å². The van der Waals surface area contributed by atoms with Crippen molar-refractivity contribution in [1.29, 1.82) is 0 Å². The molecule has 0 aromatic heterocycles. The molecule has 0 saturated carbocycles. The summed E-state index contributed by atoms with van der Waals surface area (Å²) in [6.45, 7) is 3.27. The SMILES string of the molecule is C=C(O)CCCc1cc(F)c(F)cc1F. The lowest BCUT2D eigenvalue weighted by Crippen LogP contribution is -1.96. The first kappa shape index (κ1) is 11.6. The molecule has 0 unspecified atom stereocenters. The van der Waals surface area contributed by atoms with Crippen LogP contribution in [0.1, 0.15) is 18.4 Å². The van der Waals surface area contributed by atoms with E-state index in [1.165, 1.54) is 0 Å². The summed E-state index contributed by atoms with van der Waals surface area (Å²) in [5, 5.41) is 8.78. The lowest BCUT2D eigenvalue weighted by atomic mass is 10.1. The van der Waals surface area contributed by atoms with E-state index in [1.54, 1.807) is 0 Å². The number of rotatable bonds is 4. The zero-order chi connectivity index (χ0) is 11.4. The molecule has 1 aromatic rings. The summed E-state index contributed by atoms with van der Waals surface area (Å²) in [7, 11) is 0. The highest BCUT2D eigenvalue weighted by Crippen LogP contribution is 2.16. The number of hydrogen-bond acceptors (Lipinski definition) is 1. The molecule has 15 heavy (non-hydrogen) atoms. The average Bonchev–Trinajstić information content (AvgIpc) is 2.13. The highest BCUT2D eigenvalue weighted by Gasteiger charge is 2.09. The van der Waals surface area contributed by atoms with Crippen molar-refractivity contribution >= 4 is 0 Å². The lowest BCUT2D eigenvalue weighted by molar-refractivity contribution is 0.386.